The van der Waals surface area contributed by atoms with Gasteiger partial charge in [0.15, 0.2) is 5.75 Å². The summed E-state index contributed by atoms with van der Waals surface area (Å²) in [4.78, 5) is 0. The van der Waals surface area contributed by atoms with E-state index in [-0.39, 0.29) is 11.8 Å². The summed E-state index contributed by atoms with van der Waals surface area (Å²) in [5.41, 5.74) is 0.624. The molecule has 0 fully saturated rings. The molecule has 2 rings (SSSR count). The van der Waals surface area contributed by atoms with Crippen LogP contribution in [0.5, 0.6) is 5.75 Å². The quantitative estimate of drug-likeness (QED) is 0.899. The van der Waals surface area contributed by atoms with E-state index >= 15 is 0 Å². The van der Waals surface area contributed by atoms with E-state index in [1.165, 1.54) is 12.1 Å². The Morgan fingerprint density at radius 1 is 1.15 bits per heavy atom. The van der Waals surface area contributed by atoms with Gasteiger partial charge in [0.05, 0.1) is 11.3 Å². The molecule has 1 aromatic heterocycles. The van der Waals surface area contributed by atoms with Crippen molar-refractivity contribution in [2.45, 2.75) is 33.0 Å². The van der Waals surface area contributed by atoms with E-state index in [9.17, 15) is 18.3 Å². The standard InChI is InChI=1S/C14H15F3N2O/c1-8(2)19-9(3)13(20)12(18-19)10-4-6-11(7-5-10)14(15,16)17/h4-8,20H,1-3H3. The first-order valence-corrected chi connectivity index (χ1v) is 6.17. The van der Waals surface area contributed by atoms with Gasteiger partial charge in [-0.05, 0) is 32.9 Å². The van der Waals surface area contributed by atoms with Crippen molar-refractivity contribution in [1.29, 1.82) is 0 Å². The van der Waals surface area contributed by atoms with Gasteiger partial charge < -0.3 is 5.11 Å². The maximum Gasteiger partial charge on any atom is 0.416 e. The van der Waals surface area contributed by atoms with Gasteiger partial charge in [-0.3, -0.25) is 4.68 Å². The van der Waals surface area contributed by atoms with Crippen LogP contribution in [0.3, 0.4) is 0 Å². The monoisotopic (exact) mass is 284 g/mol. The maximum atomic E-state index is 12.5. The van der Waals surface area contributed by atoms with Crippen molar-refractivity contribution >= 4 is 0 Å². The summed E-state index contributed by atoms with van der Waals surface area (Å²) in [6, 6.07) is 4.66. The fraction of sp³-hybridized carbons (Fsp3) is 0.357. The van der Waals surface area contributed by atoms with E-state index in [2.05, 4.69) is 5.10 Å². The molecule has 20 heavy (non-hydrogen) atoms. The van der Waals surface area contributed by atoms with Crippen LogP contribution in [-0.2, 0) is 6.18 Å². The Kier molecular flexibility index (Phi) is 3.50. The van der Waals surface area contributed by atoms with Gasteiger partial charge in [0, 0.05) is 11.6 Å². The van der Waals surface area contributed by atoms with Crippen molar-refractivity contribution in [3.63, 3.8) is 0 Å². The molecule has 2 aromatic rings. The third-order valence-corrected chi connectivity index (χ3v) is 3.09. The van der Waals surface area contributed by atoms with E-state index in [1.807, 2.05) is 13.8 Å². The molecule has 0 atom stereocenters. The highest BCUT2D eigenvalue weighted by Crippen LogP contribution is 2.35. The largest absolute Gasteiger partial charge is 0.504 e. The van der Waals surface area contributed by atoms with Crippen LogP contribution < -0.4 is 0 Å². The average Bonchev–Trinajstić information content (AvgIpc) is 2.66. The summed E-state index contributed by atoms with van der Waals surface area (Å²) in [6.07, 6.45) is -4.37. The predicted octanol–water partition coefficient (Wildman–Crippen LogP) is 4.16. The third kappa shape index (κ3) is 2.50. The first-order valence-electron chi connectivity index (χ1n) is 6.17. The van der Waals surface area contributed by atoms with Gasteiger partial charge in [-0.15, -0.1) is 0 Å². The molecule has 108 valence electrons. The fourth-order valence-corrected chi connectivity index (χ4v) is 2.02. The Hall–Kier alpha value is -1.98. The Labute approximate surface area is 114 Å². The zero-order valence-corrected chi connectivity index (χ0v) is 11.4. The van der Waals surface area contributed by atoms with Crippen LogP contribution in [0.25, 0.3) is 11.3 Å². The molecule has 0 unspecified atom stereocenters. The van der Waals surface area contributed by atoms with Gasteiger partial charge in [0.25, 0.3) is 0 Å². The van der Waals surface area contributed by atoms with Crippen LogP contribution in [-0.4, -0.2) is 14.9 Å². The van der Waals surface area contributed by atoms with Gasteiger partial charge in [0.2, 0.25) is 0 Å². The molecule has 1 aromatic carbocycles. The lowest BCUT2D eigenvalue weighted by atomic mass is 10.1. The lowest BCUT2D eigenvalue weighted by molar-refractivity contribution is -0.137. The number of benzene rings is 1. The van der Waals surface area contributed by atoms with Crippen LogP contribution >= 0.6 is 0 Å². The predicted molar refractivity (Wildman–Crippen MR) is 69.5 cm³/mol. The molecule has 0 saturated carbocycles. The Morgan fingerprint density at radius 2 is 1.70 bits per heavy atom. The Bertz CT molecular complexity index is 613. The van der Waals surface area contributed by atoms with Crippen molar-refractivity contribution in [3.05, 3.63) is 35.5 Å². The summed E-state index contributed by atoms with van der Waals surface area (Å²) >= 11 is 0. The molecule has 3 nitrogen and oxygen atoms in total. The molecule has 6 heteroatoms. The SMILES string of the molecule is Cc1c(O)c(-c2ccc(C(F)(F)F)cc2)nn1C(C)C. The van der Waals surface area contributed by atoms with Crippen molar-refractivity contribution < 1.29 is 18.3 Å². The van der Waals surface area contributed by atoms with E-state index in [0.717, 1.165) is 12.1 Å². The second kappa shape index (κ2) is 4.85. The molecule has 0 aliphatic rings. The number of hydrogen-bond acceptors (Lipinski definition) is 2. The highest BCUT2D eigenvalue weighted by molar-refractivity contribution is 5.67. The summed E-state index contributed by atoms with van der Waals surface area (Å²) < 4.78 is 39.2. The van der Waals surface area contributed by atoms with Crippen LogP contribution in [0.1, 0.15) is 31.1 Å². The van der Waals surface area contributed by atoms with Gasteiger partial charge in [0.1, 0.15) is 5.69 Å². The van der Waals surface area contributed by atoms with Crippen molar-refractivity contribution in [1.82, 2.24) is 9.78 Å². The second-order valence-corrected chi connectivity index (χ2v) is 4.90. The molecular formula is C14H15F3N2O. The van der Waals surface area contributed by atoms with Crippen molar-refractivity contribution in [2.75, 3.05) is 0 Å². The van der Waals surface area contributed by atoms with Crippen molar-refractivity contribution in [2.24, 2.45) is 0 Å². The number of aromatic hydroxyl groups is 1. The Morgan fingerprint density at radius 3 is 2.10 bits per heavy atom. The summed E-state index contributed by atoms with van der Waals surface area (Å²) in [5, 5.41) is 14.3. The number of halogens is 3. The smallest absolute Gasteiger partial charge is 0.416 e. The molecular weight excluding hydrogens is 269 g/mol. The minimum atomic E-state index is -4.37. The molecule has 1 N–H and O–H groups in total. The molecule has 0 aliphatic heterocycles. The number of rotatable bonds is 2. The van der Waals surface area contributed by atoms with E-state index in [4.69, 9.17) is 0 Å². The van der Waals surface area contributed by atoms with Gasteiger partial charge >= 0.3 is 6.18 Å². The number of aromatic nitrogens is 2. The van der Waals surface area contributed by atoms with Crippen LogP contribution in [0, 0.1) is 6.92 Å². The highest BCUT2D eigenvalue weighted by atomic mass is 19.4. The first-order chi connectivity index (χ1) is 9.21. The minimum Gasteiger partial charge on any atom is -0.504 e. The second-order valence-electron chi connectivity index (χ2n) is 4.90. The van der Waals surface area contributed by atoms with Gasteiger partial charge in [-0.1, -0.05) is 12.1 Å². The molecule has 0 spiro atoms. The Balaban J connectivity index is 2.45. The summed E-state index contributed by atoms with van der Waals surface area (Å²) in [7, 11) is 0. The zero-order chi connectivity index (χ0) is 15.1. The van der Waals surface area contributed by atoms with Crippen LogP contribution in [0.4, 0.5) is 13.2 Å². The maximum absolute atomic E-state index is 12.5. The minimum absolute atomic E-state index is 0.00143. The van der Waals surface area contributed by atoms with Crippen LogP contribution in [0.2, 0.25) is 0 Å². The molecule has 0 radical (unpaired) electrons. The third-order valence-electron chi connectivity index (χ3n) is 3.09. The van der Waals surface area contributed by atoms with Gasteiger partial charge in [-0.2, -0.15) is 18.3 Å². The molecule has 0 bridgehead atoms. The lowest BCUT2D eigenvalue weighted by Gasteiger charge is -2.07. The summed E-state index contributed by atoms with van der Waals surface area (Å²) in [6.45, 7) is 5.54. The molecule has 0 amide bonds. The molecule has 0 saturated heterocycles. The van der Waals surface area contributed by atoms with E-state index < -0.39 is 11.7 Å². The number of nitrogens with zero attached hydrogens (tertiary/aromatic N) is 2. The molecule has 0 aliphatic carbocycles. The first kappa shape index (κ1) is 14.4. The normalized spacial score (nSPS) is 12.2. The van der Waals surface area contributed by atoms with E-state index in [1.54, 1.807) is 11.6 Å². The van der Waals surface area contributed by atoms with Crippen LogP contribution in [0.15, 0.2) is 24.3 Å². The van der Waals surface area contributed by atoms with Gasteiger partial charge in [-0.25, -0.2) is 0 Å². The zero-order valence-electron chi connectivity index (χ0n) is 11.4. The number of alkyl halides is 3. The molecule has 1 heterocycles. The lowest BCUT2D eigenvalue weighted by Crippen LogP contribution is -2.05. The van der Waals surface area contributed by atoms with Crippen molar-refractivity contribution in [3.8, 4) is 17.0 Å². The highest BCUT2D eigenvalue weighted by Gasteiger charge is 2.30. The average molecular weight is 284 g/mol. The topological polar surface area (TPSA) is 38.1 Å². The summed E-state index contributed by atoms with van der Waals surface area (Å²) in [5.74, 6) is -0.00143. The number of hydrogen-bond donors (Lipinski definition) is 1. The van der Waals surface area contributed by atoms with E-state index in [0.29, 0.717) is 17.0 Å². The fourth-order valence-electron chi connectivity index (χ4n) is 2.02.